The van der Waals surface area contributed by atoms with Gasteiger partial charge in [0.1, 0.15) is 5.82 Å². The zero-order valence-corrected chi connectivity index (χ0v) is 14.2. The van der Waals surface area contributed by atoms with E-state index < -0.39 is 0 Å². The molecule has 0 atom stereocenters. The third-order valence-electron chi connectivity index (χ3n) is 4.18. The molecule has 0 bridgehead atoms. The topological polar surface area (TPSA) is 56.6 Å². The third kappa shape index (κ3) is 3.69. The molecule has 0 aliphatic carbocycles. The molecule has 0 fully saturated rings. The average molecular weight is 329 g/mol. The van der Waals surface area contributed by atoms with Crippen LogP contribution in [0.3, 0.4) is 0 Å². The molecule has 1 amide bonds. The maximum absolute atomic E-state index is 12.8. The number of rotatable bonds is 7. The summed E-state index contributed by atoms with van der Waals surface area (Å²) in [5, 5.41) is 0. The maximum Gasteiger partial charge on any atom is 0.231 e. The molecule has 6 heteroatoms. The number of benzene rings is 1. The lowest BCUT2D eigenvalue weighted by Crippen LogP contribution is -2.33. The van der Waals surface area contributed by atoms with Crippen LogP contribution in [0.4, 0.5) is 0 Å². The third-order valence-corrected chi connectivity index (χ3v) is 4.18. The number of imidazole rings is 1. The van der Waals surface area contributed by atoms with Gasteiger partial charge < -0.3 is 18.9 Å². The fourth-order valence-electron chi connectivity index (χ4n) is 2.70. The molecule has 0 N–H and O–H groups in total. The van der Waals surface area contributed by atoms with Crippen molar-refractivity contribution in [3.63, 3.8) is 0 Å². The highest BCUT2D eigenvalue weighted by Gasteiger charge is 2.18. The first kappa shape index (κ1) is 16.4. The zero-order valence-electron chi connectivity index (χ0n) is 14.2. The summed E-state index contributed by atoms with van der Waals surface area (Å²) >= 11 is 0. The number of unbranched alkanes of at least 4 members (excludes halogenated alkanes) is 1. The van der Waals surface area contributed by atoms with Crippen LogP contribution in [-0.2, 0) is 24.8 Å². The lowest BCUT2D eigenvalue weighted by molar-refractivity contribution is -0.131. The molecule has 2 aromatic rings. The van der Waals surface area contributed by atoms with Crippen molar-refractivity contribution in [1.29, 1.82) is 0 Å². The second kappa shape index (κ2) is 7.38. The molecule has 24 heavy (non-hydrogen) atoms. The number of aromatic nitrogens is 2. The van der Waals surface area contributed by atoms with Crippen LogP contribution < -0.4 is 9.47 Å². The van der Waals surface area contributed by atoms with Crippen LogP contribution in [0.1, 0.15) is 31.2 Å². The first-order valence-electron chi connectivity index (χ1n) is 8.30. The summed E-state index contributed by atoms with van der Waals surface area (Å²) in [6.07, 6.45) is 6.04. The Morgan fingerprint density at radius 3 is 2.92 bits per heavy atom. The summed E-state index contributed by atoms with van der Waals surface area (Å²) < 4.78 is 12.7. The predicted octanol–water partition coefficient (Wildman–Crippen LogP) is 2.52. The van der Waals surface area contributed by atoms with Crippen LogP contribution in [-0.4, -0.2) is 33.7 Å². The van der Waals surface area contributed by atoms with Gasteiger partial charge in [0.15, 0.2) is 11.5 Å². The van der Waals surface area contributed by atoms with E-state index in [4.69, 9.17) is 9.47 Å². The second-order valence-electron chi connectivity index (χ2n) is 5.99. The molecule has 3 rings (SSSR count). The van der Waals surface area contributed by atoms with Gasteiger partial charge in [0.25, 0.3) is 0 Å². The highest BCUT2D eigenvalue weighted by molar-refractivity contribution is 5.79. The summed E-state index contributed by atoms with van der Waals surface area (Å²) in [6, 6.07) is 5.67. The molecule has 1 aromatic heterocycles. The van der Waals surface area contributed by atoms with Crippen molar-refractivity contribution < 1.29 is 14.3 Å². The largest absolute Gasteiger partial charge is 0.454 e. The molecule has 1 aliphatic heterocycles. The van der Waals surface area contributed by atoms with Crippen molar-refractivity contribution in [1.82, 2.24) is 14.5 Å². The zero-order chi connectivity index (χ0) is 16.9. The number of fused-ring (bicyclic) bond motifs is 1. The Kier molecular flexibility index (Phi) is 5.03. The van der Waals surface area contributed by atoms with Gasteiger partial charge in [-0.25, -0.2) is 4.98 Å². The van der Waals surface area contributed by atoms with Gasteiger partial charge >= 0.3 is 0 Å². The molecule has 6 nitrogen and oxygen atoms in total. The molecule has 0 radical (unpaired) electrons. The fraction of sp³-hybridized carbons (Fsp3) is 0.444. The lowest BCUT2D eigenvalue weighted by atomic mass is 10.1. The van der Waals surface area contributed by atoms with Crippen LogP contribution in [0.2, 0.25) is 0 Å². The Bertz CT molecular complexity index is 711. The molecule has 2 heterocycles. The van der Waals surface area contributed by atoms with E-state index in [1.807, 2.05) is 40.9 Å². The molecular weight excluding hydrogens is 306 g/mol. The highest BCUT2D eigenvalue weighted by Crippen LogP contribution is 2.32. The minimum atomic E-state index is 0.102. The van der Waals surface area contributed by atoms with E-state index in [1.54, 1.807) is 6.20 Å². The van der Waals surface area contributed by atoms with E-state index in [0.29, 0.717) is 18.7 Å². The molecule has 0 spiro atoms. The van der Waals surface area contributed by atoms with Crippen LogP contribution in [0, 0.1) is 0 Å². The number of carbonyl (C=O) groups excluding carboxylic acids is 1. The van der Waals surface area contributed by atoms with Crippen LogP contribution in [0.15, 0.2) is 30.6 Å². The van der Waals surface area contributed by atoms with Crippen molar-refractivity contribution in [2.24, 2.45) is 7.05 Å². The van der Waals surface area contributed by atoms with Crippen molar-refractivity contribution >= 4 is 5.91 Å². The molecule has 1 aliphatic rings. The summed E-state index contributed by atoms with van der Waals surface area (Å²) in [6.45, 7) is 3.65. The number of hydrogen-bond acceptors (Lipinski definition) is 4. The van der Waals surface area contributed by atoms with Gasteiger partial charge in [0, 0.05) is 26.0 Å². The predicted molar refractivity (Wildman–Crippen MR) is 89.8 cm³/mol. The quantitative estimate of drug-likeness (QED) is 0.783. The van der Waals surface area contributed by atoms with Gasteiger partial charge in [-0.15, -0.1) is 0 Å². The number of hydrogen-bond donors (Lipinski definition) is 0. The monoisotopic (exact) mass is 329 g/mol. The first-order valence-corrected chi connectivity index (χ1v) is 8.30. The van der Waals surface area contributed by atoms with E-state index in [2.05, 4.69) is 11.9 Å². The fourth-order valence-corrected chi connectivity index (χ4v) is 2.70. The number of nitrogens with zero attached hydrogens (tertiary/aromatic N) is 3. The molecule has 0 saturated carbocycles. The van der Waals surface area contributed by atoms with Crippen molar-refractivity contribution in [2.75, 3.05) is 13.3 Å². The van der Waals surface area contributed by atoms with Gasteiger partial charge in [0.05, 0.1) is 13.0 Å². The molecule has 0 saturated heterocycles. The second-order valence-corrected chi connectivity index (χ2v) is 5.99. The first-order chi connectivity index (χ1) is 11.7. The summed E-state index contributed by atoms with van der Waals surface area (Å²) in [5.74, 6) is 2.45. The van der Waals surface area contributed by atoms with E-state index in [9.17, 15) is 4.79 Å². The van der Waals surface area contributed by atoms with Gasteiger partial charge in [-0.1, -0.05) is 19.4 Å². The number of amides is 1. The van der Waals surface area contributed by atoms with Crippen LogP contribution in [0.25, 0.3) is 0 Å². The highest BCUT2D eigenvalue weighted by atomic mass is 16.7. The molecule has 128 valence electrons. The Labute approximate surface area is 142 Å². The average Bonchev–Trinajstić information content (AvgIpc) is 3.19. The van der Waals surface area contributed by atoms with Gasteiger partial charge in [-0.3, -0.25) is 4.79 Å². The number of aryl methyl sites for hydroxylation is 1. The van der Waals surface area contributed by atoms with E-state index >= 15 is 0 Å². The van der Waals surface area contributed by atoms with Gasteiger partial charge in [-0.2, -0.15) is 0 Å². The maximum atomic E-state index is 12.8. The SMILES string of the molecule is CCCCN(Cc1nccn1C)C(=O)Cc1ccc2c(c1)OCO2. The molecule has 0 unspecified atom stereocenters. The normalized spacial score (nSPS) is 12.4. The van der Waals surface area contributed by atoms with E-state index in [0.717, 1.165) is 36.5 Å². The van der Waals surface area contributed by atoms with Crippen molar-refractivity contribution in [3.8, 4) is 11.5 Å². The van der Waals surface area contributed by atoms with Crippen LogP contribution in [0.5, 0.6) is 11.5 Å². The molecule has 1 aromatic carbocycles. The minimum Gasteiger partial charge on any atom is -0.454 e. The van der Waals surface area contributed by atoms with Gasteiger partial charge in [-0.05, 0) is 24.1 Å². The van der Waals surface area contributed by atoms with Crippen molar-refractivity contribution in [3.05, 3.63) is 42.0 Å². The molecular formula is C18H23N3O3. The van der Waals surface area contributed by atoms with E-state index in [1.165, 1.54) is 0 Å². The minimum absolute atomic E-state index is 0.102. The van der Waals surface area contributed by atoms with Crippen LogP contribution >= 0.6 is 0 Å². The van der Waals surface area contributed by atoms with E-state index in [-0.39, 0.29) is 12.7 Å². The lowest BCUT2D eigenvalue weighted by Gasteiger charge is -2.22. The summed E-state index contributed by atoms with van der Waals surface area (Å²) in [5.41, 5.74) is 0.936. The Morgan fingerprint density at radius 1 is 1.33 bits per heavy atom. The summed E-state index contributed by atoms with van der Waals surface area (Å²) in [4.78, 5) is 19.0. The Hall–Kier alpha value is -2.50. The standard InChI is InChI=1S/C18H23N3O3/c1-3-4-8-21(12-17-19-7-9-20(17)2)18(22)11-14-5-6-15-16(10-14)24-13-23-15/h5-7,9-10H,3-4,8,11-13H2,1-2H3. The number of carbonyl (C=O) groups is 1. The Morgan fingerprint density at radius 2 is 2.17 bits per heavy atom. The smallest absolute Gasteiger partial charge is 0.231 e. The number of ether oxygens (including phenoxy) is 2. The van der Waals surface area contributed by atoms with Crippen molar-refractivity contribution in [2.45, 2.75) is 32.7 Å². The Balaban J connectivity index is 1.69. The summed E-state index contributed by atoms with van der Waals surface area (Å²) in [7, 11) is 1.95. The van der Waals surface area contributed by atoms with Gasteiger partial charge in [0.2, 0.25) is 12.7 Å².